The molecule has 3 nitrogen and oxygen atoms in total. The molecule has 0 aromatic heterocycles. The van der Waals surface area contributed by atoms with Crippen LogP contribution >= 0.6 is 11.8 Å². The van der Waals surface area contributed by atoms with Crippen molar-refractivity contribution in [1.29, 1.82) is 0 Å². The molecular formula is C10H20ClNO2S. The van der Waals surface area contributed by atoms with Gasteiger partial charge in [-0.3, -0.25) is 0 Å². The van der Waals surface area contributed by atoms with Gasteiger partial charge in [-0.1, -0.05) is 12.8 Å². The lowest BCUT2D eigenvalue weighted by atomic mass is 9.96. The number of rotatable bonds is 2. The monoisotopic (exact) mass is 253 g/mol. The minimum atomic E-state index is -3.11. The second kappa shape index (κ2) is 4.60. The van der Waals surface area contributed by atoms with Crippen molar-refractivity contribution in [3.63, 3.8) is 0 Å². The Morgan fingerprint density at radius 2 is 1.73 bits per heavy atom. The van der Waals surface area contributed by atoms with E-state index in [-0.39, 0.29) is 11.3 Å². The quantitative estimate of drug-likeness (QED) is 0.768. The first-order valence-corrected chi connectivity index (χ1v) is 7.32. The van der Waals surface area contributed by atoms with Crippen molar-refractivity contribution in [2.45, 2.75) is 62.5 Å². The molecule has 2 atom stereocenters. The lowest BCUT2D eigenvalue weighted by Crippen LogP contribution is -2.48. The van der Waals surface area contributed by atoms with E-state index in [0.29, 0.717) is 0 Å². The molecule has 0 spiro atoms. The fourth-order valence-corrected chi connectivity index (χ4v) is 4.40. The molecule has 0 bridgehead atoms. The van der Waals surface area contributed by atoms with E-state index in [2.05, 4.69) is 4.84 Å². The van der Waals surface area contributed by atoms with E-state index in [9.17, 15) is 8.42 Å². The van der Waals surface area contributed by atoms with Crippen LogP contribution in [-0.2, 0) is 9.84 Å². The minimum Gasteiger partial charge on any atom is -0.229 e. The standard InChI is InChI=1S/C10H20ClNO2S/c1-10(2,3)15(13,14)9-7-5-4-6-8(9)12-11/h8-9,12H,4-7H2,1-3H3/t8-,9+/m0/s1. The van der Waals surface area contributed by atoms with Crippen molar-refractivity contribution < 1.29 is 8.42 Å². The molecular weight excluding hydrogens is 234 g/mol. The van der Waals surface area contributed by atoms with Crippen molar-refractivity contribution in [2.75, 3.05) is 0 Å². The molecule has 0 unspecified atom stereocenters. The minimum absolute atomic E-state index is 0.0929. The van der Waals surface area contributed by atoms with E-state index in [4.69, 9.17) is 11.8 Å². The Morgan fingerprint density at radius 3 is 2.20 bits per heavy atom. The maximum absolute atomic E-state index is 12.3. The molecule has 1 rings (SSSR count). The number of sulfone groups is 1. The van der Waals surface area contributed by atoms with Crippen molar-refractivity contribution >= 4 is 21.6 Å². The van der Waals surface area contributed by atoms with Crippen molar-refractivity contribution in [3.05, 3.63) is 0 Å². The first kappa shape index (κ1) is 13.3. The van der Waals surface area contributed by atoms with Crippen LogP contribution in [-0.4, -0.2) is 24.5 Å². The summed E-state index contributed by atoms with van der Waals surface area (Å²) in [5.41, 5.74) is 0. The van der Waals surface area contributed by atoms with Crippen LogP contribution < -0.4 is 4.84 Å². The third-order valence-corrected chi connectivity index (χ3v) is 6.44. The van der Waals surface area contributed by atoms with Gasteiger partial charge in [0.2, 0.25) is 0 Å². The number of halogens is 1. The van der Waals surface area contributed by atoms with Crippen LogP contribution in [0.15, 0.2) is 0 Å². The van der Waals surface area contributed by atoms with Crippen LogP contribution in [0, 0.1) is 0 Å². The SMILES string of the molecule is CC(C)(C)S(=O)(=O)[C@@H]1CCCC[C@@H]1NCl. The first-order valence-electron chi connectivity index (χ1n) is 5.40. The summed E-state index contributed by atoms with van der Waals surface area (Å²) >= 11 is 5.62. The van der Waals surface area contributed by atoms with E-state index >= 15 is 0 Å². The molecule has 1 saturated carbocycles. The van der Waals surface area contributed by atoms with Gasteiger partial charge in [-0.05, 0) is 45.4 Å². The van der Waals surface area contributed by atoms with Crippen LogP contribution in [0.2, 0.25) is 0 Å². The smallest absolute Gasteiger partial charge is 0.159 e. The van der Waals surface area contributed by atoms with E-state index in [1.807, 2.05) is 0 Å². The average molecular weight is 254 g/mol. The van der Waals surface area contributed by atoms with Crippen LogP contribution in [0.3, 0.4) is 0 Å². The Hall–Kier alpha value is 0.200. The third kappa shape index (κ3) is 2.66. The molecule has 0 amide bonds. The normalized spacial score (nSPS) is 29.1. The van der Waals surface area contributed by atoms with E-state index in [1.54, 1.807) is 20.8 Å². The number of hydrogen-bond donors (Lipinski definition) is 1. The zero-order valence-electron chi connectivity index (χ0n) is 9.59. The number of nitrogens with one attached hydrogen (secondary N) is 1. The van der Waals surface area contributed by atoms with Gasteiger partial charge in [0.1, 0.15) is 0 Å². The molecule has 5 heteroatoms. The van der Waals surface area contributed by atoms with Crippen LogP contribution in [0.4, 0.5) is 0 Å². The molecule has 0 heterocycles. The van der Waals surface area contributed by atoms with Gasteiger partial charge in [-0.15, -0.1) is 0 Å². The zero-order valence-corrected chi connectivity index (χ0v) is 11.2. The van der Waals surface area contributed by atoms with Gasteiger partial charge in [-0.2, -0.15) is 0 Å². The predicted octanol–water partition coefficient (Wildman–Crippen LogP) is 2.25. The fraction of sp³-hybridized carbons (Fsp3) is 1.00. The predicted molar refractivity (Wildman–Crippen MR) is 63.7 cm³/mol. The van der Waals surface area contributed by atoms with E-state index in [0.717, 1.165) is 25.7 Å². The highest BCUT2D eigenvalue weighted by Gasteiger charge is 2.42. The average Bonchev–Trinajstić information content (AvgIpc) is 2.16. The second-order valence-corrected chi connectivity index (χ2v) is 8.33. The Kier molecular flexibility index (Phi) is 4.07. The van der Waals surface area contributed by atoms with Crippen molar-refractivity contribution in [2.24, 2.45) is 0 Å². The molecule has 1 fully saturated rings. The zero-order chi connectivity index (χ0) is 11.7. The molecule has 0 aliphatic heterocycles. The molecule has 1 aliphatic carbocycles. The van der Waals surface area contributed by atoms with Gasteiger partial charge in [0.15, 0.2) is 9.84 Å². The highest BCUT2D eigenvalue weighted by molar-refractivity contribution is 7.93. The molecule has 1 N–H and O–H groups in total. The van der Waals surface area contributed by atoms with Crippen molar-refractivity contribution in [3.8, 4) is 0 Å². The number of hydrogen-bond acceptors (Lipinski definition) is 3. The molecule has 0 saturated heterocycles. The maximum atomic E-state index is 12.3. The van der Waals surface area contributed by atoms with Gasteiger partial charge in [0.25, 0.3) is 0 Å². The molecule has 0 radical (unpaired) electrons. The molecule has 1 aliphatic rings. The Labute approximate surface area is 97.6 Å². The highest BCUT2D eigenvalue weighted by atomic mass is 35.5. The van der Waals surface area contributed by atoms with Gasteiger partial charge >= 0.3 is 0 Å². The van der Waals surface area contributed by atoms with Gasteiger partial charge in [0.05, 0.1) is 10.00 Å². The summed E-state index contributed by atoms with van der Waals surface area (Å²) in [6.45, 7) is 5.26. The van der Waals surface area contributed by atoms with E-state index in [1.165, 1.54) is 0 Å². The summed E-state index contributed by atoms with van der Waals surface area (Å²) < 4.78 is 23.9. The van der Waals surface area contributed by atoms with Crippen LogP contribution in [0.5, 0.6) is 0 Å². The maximum Gasteiger partial charge on any atom is 0.159 e. The van der Waals surface area contributed by atoms with Crippen molar-refractivity contribution in [1.82, 2.24) is 4.84 Å². The Bertz CT molecular complexity index is 308. The molecule has 90 valence electrons. The van der Waals surface area contributed by atoms with Gasteiger partial charge in [-0.25, -0.2) is 13.3 Å². The van der Waals surface area contributed by atoms with Crippen LogP contribution in [0.25, 0.3) is 0 Å². The lowest BCUT2D eigenvalue weighted by molar-refractivity contribution is 0.406. The topological polar surface area (TPSA) is 46.2 Å². The largest absolute Gasteiger partial charge is 0.229 e. The summed E-state index contributed by atoms with van der Waals surface area (Å²) in [4.78, 5) is 2.63. The second-order valence-electron chi connectivity index (χ2n) is 5.20. The highest BCUT2D eigenvalue weighted by Crippen LogP contribution is 2.31. The van der Waals surface area contributed by atoms with Gasteiger partial charge < -0.3 is 0 Å². The van der Waals surface area contributed by atoms with Gasteiger partial charge in [0, 0.05) is 6.04 Å². The third-order valence-electron chi connectivity index (χ3n) is 3.09. The fourth-order valence-electron chi connectivity index (χ4n) is 2.05. The Morgan fingerprint density at radius 1 is 1.20 bits per heavy atom. The molecule has 0 aromatic carbocycles. The summed E-state index contributed by atoms with van der Waals surface area (Å²) in [6, 6.07) is -0.0929. The summed E-state index contributed by atoms with van der Waals surface area (Å²) in [5, 5.41) is -0.330. The summed E-state index contributed by atoms with van der Waals surface area (Å²) in [7, 11) is -3.11. The lowest BCUT2D eigenvalue weighted by Gasteiger charge is -2.34. The molecule has 0 aromatic rings. The summed E-state index contributed by atoms with van der Waals surface area (Å²) in [6.07, 6.45) is 3.61. The summed E-state index contributed by atoms with van der Waals surface area (Å²) in [5.74, 6) is 0. The Balaban J connectivity index is 2.94. The van der Waals surface area contributed by atoms with E-state index < -0.39 is 14.6 Å². The van der Waals surface area contributed by atoms with Crippen LogP contribution in [0.1, 0.15) is 46.5 Å². The molecule has 15 heavy (non-hydrogen) atoms. The first-order chi connectivity index (χ1) is 6.80.